The Kier molecular flexibility index (Phi) is 7.91. The fourth-order valence-corrected chi connectivity index (χ4v) is 3.95. The zero-order valence-electron chi connectivity index (χ0n) is 12.0. The normalized spacial score (nSPS) is 10.8. The minimum atomic E-state index is 1.06. The molecular formula is C18H20Br2S. The van der Waals surface area contributed by atoms with Crippen molar-refractivity contribution in [2.24, 2.45) is 0 Å². The van der Waals surface area contributed by atoms with E-state index in [2.05, 4.69) is 80.4 Å². The van der Waals surface area contributed by atoms with E-state index in [1.54, 1.807) is 0 Å². The molecule has 0 aromatic heterocycles. The molecule has 0 N–H and O–H groups in total. The molecular weight excluding hydrogens is 408 g/mol. The Bertz CT molecular complexity index is 505. The average Bonchev–Trinajstić information content (AvgIpc) is 2.53. The van der Waals surface area contributed by atoms with Gasteiger partial charge in [-0.1, -0.05) is 80.0 Å². The molecule has 0 radical (unpaired) electrons. The van der Waals surface area contributed by atoms with Crippen LogP contribution in [0, 0.1) is 0 Å². The van der Waals surface area contributed by atoms with Crippen LogP contribution in [-0.2, 0) is 12.8 Å². The zero-order valence-corrected chi connectivity index (χ0v) is 16.0. The first-order valence-electron chi connectivity index (χ1n) is 7.30. The highest BCUT2D eigenvalue weighted by atomic mass is 79.9. The average molecular weight is 428 g/mol. The molecule has 0 unspecified atom stereocenters. The lowest BCUT2D eigenvalue weighted by Crippen LogP contribution is -1.92. The molecule has 2 aromatic carbocycles. The number of hydrogen-bond acceptors (Lipinski definition) is 1. The van der Waals surface area contributed by atoms with Gasteiger partial charge in [0.1, 0.15) is 0 Å². The molecule has 0 saturated carbocycles. The van der Waals surface area contributed by atoms with E-state index in [-0.39, 0.29) is 0 Å². The first kappa shape index (κ1) is 17.1. The molecule has 0 amide bonds. The summed E-state index contributed by atoms with van der Waals surface area (Å²) in [5, 5.41) is 2.13. The maximum absolute atomic E-state index is 3.53. The van der Waals surface area contributed by atoms with Gasteiger partial charge >= 0.3 is 0 Å². The fourth-order valence-electron chi connectivity index (χ4n) is 2.25. The molecule has 0 heterocycles. The van der Waals surface area contributed by atoms with Crippen LogP contribution in [0.3, 0.4) is 0 Å². The van der Waals surface area contributed by atoms with Crippen LogP contribution in [0.4, 0.5) is 0 Å². The molecule has 0 saturated heterocycles. The van der Waals surface area contributed by atoms with Crippen molar-refractivity contribution in [1.82, 2.24) is 0 Å². The van der Waals surface area contributed by atoms with E-state index in [1.165, 1.54) is 33.8 Å². The molecule has 0 aliphatic carbocycles. The zero-order chi connectivity index (χ0) is 14.9. The number of alkyl halides is 2. The molecule has 0 aliphatic rings. The molecule has 0 spiro atoms. The van der Waals surface area contributed by atoms with Crippen LogP contribution in [-0.4, -0.2) is 10.7 Å². The van der Waals surface area contributed by atoms with Gasteiger partial charge in [-0.15, -0.1) is 0 Å². The number of rotatable bonds is 8. The summed E-state index contributed by atoms with van der Waals surface area (Å²) in [6, 6.07) is 17.6. The minimum Gasteiger partial charge on any atom is -0.0928 e. The van der Waals surface area contributed by atoms with Crippen LogP contribution in [0.5, 0.6) is 0 Å². The second kappa shape index (κ2) is 9.70. The van der Waals surface area contributed by atoms with E-state index in [0.29, 0.717) is 0 Å². The number of benzene rings is 2. The van der Waals surface area contributed by atoms with E-state index in [4.69, 9.17) is 0 Å². The highest BCUT2D eigenvalue weighted by molar-refractivity contribution is 9.09. The van der Waals surface area contributed by atoms with Gasteiger partial charge in [-0.3, -0.25) is 0 Å². The second-order valence-corrected chi connectivity index (χ2v) is 7.57. The molecule has 2 aromatic rings. The molecule has 3 heteroatoms. The SMILES string of the molecule is BrCCCc1ccccc1Sc1ccccc1CCCBr. The highest BCUT2D eigenvalue weighted by Gasteiger charge is 2.07. The molecule has 21 heavy (non-hydrogen) atoms. The third kappa shape index (κ3) is 5.46. The molecule has 0 fully saturated rings. The van der Waals surface area contributed by atoms with Gasteiger partial charge in [0.25, 0.3) is 0 Å². The van der Waals surface area contributed by atoms with Crippen molar-refractivity contribution in [3.8, 4) is 0 Å². The molecule has 0 aliphatic heterocycles. The first-order valence-corrected chi connectivity index (χ1v) is 10.4. The summed E-state index contributed by atoms with van der Waals surface area (Å²) in [4.78, 5) is 2.79. The van der Waals surface area contributed by atoms with E-state index in [9.17, 15) is 0 Å². The maximum atomic E-state index is 3.53. The van der Waals surface area contributed by atoms with Crippen LogP contribution >= 0.6 is 43.6 Å². The smallest absolute Gasteiger partial charge is 0.0154 e. The lowest BCUT2D eigenvalue weighted by Gasteiger charge is -2.12. The standard InChI is InChI=1S/C18H20Br2S/c19-13-5-9-15-7-1-3-11-17(15)21-18-12-4-2-8-16(18)10-6-14-20/h1-4,7-8,11-12H,5-6,9-10,13-14H2. The van der Waals surface area contributed by atoms with Crippen LogP contribution in [0.2, 0.25) is 0 Å². The number of hydrogen-bond donors (Lipinski definition) is 0. The van der Waals surface area contributed by atoms with Crippen LogP contribution in [0.15, 0.2) is 58.3 Å². The maximum Gasteiger partial charge on any atom is 0.0154 e. The molecule has 0 nitrogen and oxygen atoms in total. The monoisotopic (exact) mass is 426 g/mol. The van der Waals surface area contributed by atoms with Gasteiger partial charge in [-0.25, -0.2) is 0 Å². The van der Waals surface area contributed by atoms with E-state index in [1.807, 2.05) is 11.8 Å². The lowest BCUT2D eigenvalue weighted by atomic mass is 10.1. The summed E-state index contributed by atoms with van der Waals surface area (Å²) in [5.41, 5.74) is 2.91. The van der Waals surface area contributed by atoms with Crippen molar-refractivity contribution in [3.05, 3.63) is 59.7 Å². The Labute approximate surface area is 149 Å². The third-order valence-corrected chi connectivity index (χ3v) is 5.68. The van der Waals surface area contributed by atoms with Crippen molar-refractivity contribution in [2.45, 2.75) is 35.5 Å². The Morgan fingerprint density at radius 1 is 0.667 bits per heavy atom. The molecule has 112 valence electrons. The van der Waals surface area contributed by atoms with Crippen LogP contribution in [0.25, 0.3) is 0 Å². The molecule has 0 bridgehead atoms. The fraction of sp³-hybridized carbons (Fsp3) is 0.333. The van der Waals surface area contributed by atoms with E-state index >= 15 is 0 Å². The largest absolute Gasteiger partial charge is 0.0928 e. The summed E-state index contributed by atoms with van der Waals surface area (Å²) in [6.07, 6.45) is 4.64. The predicted octanol–water partition coefficient (Wildman–Crippen LogP) is 6.49. The van der Waals surface area contributed by atoms with Crippen molar-refractivity contribution in [1.29, 1.82) is 0 Å². The first-order chi connectivity index (χ1) is 10.3. The van der Waals surface area contributed by atoms with Gasteiger partial charge in [-0.05, 0) is 48.9 Å². The number of aryl methyl sites for hydroxylation is 2. The topological polar surface area (TPSA) is 0 Å². The predicted molar refractivity (Wildman–Crippen MR) is 101 cm³/mol. The van der Waals surface area contributed by atoms with Gasteiger partial charge in [0.2, 0.25) is 0 Å². The van der Waals surface area contributed by atoms with Gasteiger partial charge in [0.05, 0.1) is 0 Å². The minimum absolute atomic E-state index is 1.06. The van der Waals surface area contributed by atoms with E-state index < -0.39 is 0 Å². The summed E-state index contributed by atoms with van der Waals surface area (Å²) in [6.45, 7) is 0. The highest BCUT2D eigenvalue weighted by Crippen LogP contribution is 2.33. The molecule has 0 atom stereocenters. The summed E-state index contributed by atoms with van der Waals surface area (Å²) in [7, 11) is 0. The van der Waals surface area contributed by atoms with Crippen LogP contribution < -0.4 is 0 Å². The Balaban J connectivity index is 2.18. The quantitative estimate of drug-likeness (QED) is 0.433. The Morgan fingerprint density at radius 2 is 1.10 bits per heavy atom. The Hall–Kier alpha value is -0.250. The second-order valence-electron chi connectivity index (χ2n) is 4.90. The Morgan fingerprint density at radius 3 is 1.52 bits per heavy atom. The summed E-state index contributed by atoms with van der Waals surface area (Å²) >= 11 is 8.97. The van der Waals surface area contributed by atoms with Gasteiger partial charge < -0.3 is 0 Å². The van der Waals surface area contributed by atoms with Gasteiger partial charge in [0, 0.05) is 20.5 Å². The van der Waals surface area contributed by atoms with Crippen molar-refractivity contribution < 1.29 is 0 Å². The van der Waals surface area contributed by atoms with Crippen LogP contribution in [0.1, 0.15) is 24.0 Å². The van der Waals surface area contributed by atoms with Crippen molar-refractivity contribution in [3.63, 3.8) is 0 Å². The van der Waals surface area contributed by atoms with Gasteiger partial charge in [0.15, 0.2) is 0 Å². The van der Waals surface area contributed by atoms with Crippen molar-refractivity contribution in [2.75, 3.05) is 10.7 Å². The molecule has 2 rings (SSSR count). The lowest BCUT2D eigenvalue weighted by molar-refractivity contribution is 0.909. The number of halogens is 2. The third-order valence-electron chi connectivity index (χ3n) is 3.32. The summed E-state index contributed by atoms with van der Waals surface area (Å²) in [5.74, 6) is 0. The van der Waals surface area contributed by atoms with Crippen molar-refractivity contribution >= 4 is 43.6 Å². The summed E-state index contributed by atoms with van der Waals surface area (Å²) < 4.78 is 0. The van der Waals surface area contributed by atoms with E-state index in [0.717, 1.165) is 23.5 Å². The van der Waals surface area contributed by atoms with Gasteiger partial charge in [-0.2, -0.15) is 0 Å².